The Bertz CT molecular complexity index is 530. The molecule has 0 spiro atoms. The fraction of sp³-hybridized carbons (Fsp3) is 0.462. The first-order valence-electron chi connectivity index (χ1n) is 6.23. The molecule has 20 heavy (non-hydrogen) atoms. The Kier molecular flexibility index (Phi) is 5.08. The number of nitrogens with two attached hydrogens (primary N) is 1. The van der Waals surface area contributed by atoms with E-state index in [0.717, 1.165) is 19.3 Å². The standard InChI is InChI=1S/C13H17N3O3.ClH/c1-9-7-10(16(18)19)3-4-11(9)12(17)15-8-13(14)5-2-6-13;/h3-4,7H,2,5-6,8,14H2,1H3,(H,15,17);1H. The number of carbonyl (C=O) groups excluding carboxylic acids is 1. The Hall–Kier alpha value is -1.66. The van der Waals surface area contributed by atoms with E-state index in [-0.39, 0.29) is 29.5 Å². The fourth-order valence-electron chi connectivity index (χ4n) is 2.18. The molecular formula is C13H18ClN3O3. The van der Waals surface area contributed by atoms with Crippen molar-refractivity contribution in [1.29, 1.82) is 0 Å². The largest absolute Gasteiger partial charge is 0.350 e. The number of rotatable bonds is 4. The van der Waals surface area contributed by atoms with Gasteiger partial charge in [-0.05, 0) is 37.8 Å². The second kappa shape index (κ2) is 6.19. The second-order valence-corrected chi connectivity index (χ2v) is 5.15. The molecule has 0 unspecified atom stereocenters. The lowest BCUT2D eigenvalue weighted by molar-refractivity contribution is -0.384. The van der Waals surface area contributed by atoms with Crippen molar-refractivity contribution in [2.24, 2.45) is 5.73 Å². The van der Waals surface area contributed by atoms with Crippen LogP contribution in [-0.2, 0) is 0 Å². The number of nitrogens with zero attached hydrogens (tertiary/aromatic N) is 1. The van der Waals surface area contributed by atoms with E-state index >= 15 is 0 Å². The highest BCUT2D eigenvalue weighted by Gasteiger charge is 2.32. The maximum Gasteiger partial charge on any atom is 0.269 e. The van der Waals surface area contributed by atoms with Gasteiger partial charge in [0.1, 0.15) is 0 Å². The molecule has 0 aromatic heterocycles. The topological polar surface area (TPSA) is 98.3 Å². The number of benzene rings is 1. The van der Waals surface area contributed by atoms with Gasteiger partial charge in [-0.2, -0.15) is 0 Å². The molecule has 1 aliphatic carbocycles. The Morgan fingerprint density at radius 1 is 1.50 bits per heavy atom. The van der Waals surface area contributed by atoms with Crippen molar-refractivity contribution in [3.05, 3.63) is 39.4 Å². The summed E-state index contributed by atoms with van der Waals surface area (Å²) in [4.78, 5) is 22.1. The van der Waals surface area contributed by atoms with Crippen LogP contribution in [-0.4, -0.2) is 22.9 Å². The van der Waals surface area contributed by atoms with Gasteiger partial charge in [0.15, 0.2) is 0 Å². The van der Waals surface area contributed by atoms with Crippen molar-refractivity contribution < 1.29 is 9.72 Å². The summed E-state index contributed by atoms with van der Waals surface area (Å²) in [6.07, 6.45) is 2.95. The third-order valence-corrected chi connectivity index (χ3v) is 3.62. The molecule has 110 valence electrons. The zero-order chi connectivity index (χ0) is 14.0. The number of nitro groups is 1. The van der Waals surface area contributed by atoms with Crippen molar-refractivity contribution in [2.75, 3.05) is 6.54 Å². The summed E-state index contributed by atoms with van der Waals surface area (Å²) < 4.78 is 0. The molecule has 1 aliphatic rings. The number of carbonyl (C=O) groups is 1. The van der Waals surface area contributed by atoms with Gasteiger partial charge >= 0.3 is 0 Å². The van der Waals surface area contributed by atoms with Gasteiger partial charge in [-0.15, -0.1) is 12.4 Å². The minimum atomic E-state index is -0.474. The predicted molar refractivity (Wildman–Crippen MR) is 78.2 cm³/mol. The van der Waals surface area contributed by atoms with Crippen molar-refractivity contribution in [1.82, 2.24) is 5.32 Å². The predicted octanol–water partition coefficient (Wildman–Crippen LogP) is 1.94. The summed E-state index contributed by atoms with van der Waals surface area (Å²) >= 11 is 0. The van der Waals surface area contributed by atoms with Crippen molar-refractivity contribution in [2.45, 2.75) is 31.7 Å². The van der Waals surface area contributed by atoms with E-state index in [4.69, 9.17) is 5.73 Å². The van der Waals surface area contributed by atoms with Gasteiger partial charge in [0.05, 0.1) is 4.92 Å². The summed E-state index contributed by atoms with van der Waals surface area (Å²) in [6, 6.07) is 4.21. The first kappa shape index (κ1) is 16.4. The maximum atomic E-state index is 12.0. The molecule has 7 heteroatoms. The molecule has 0 radical (unpaired) electrons. The molecule has 1 saturated carbocycles. The third kappa shape index (κ3) is 3.46. The van der Waals surface area contributed by atoms with Crippen LogP contribution in [0.15, 0.2) is 18.2 Å². The number of non-ortho nitro benzene ring substituents is 1. The lowest BCUT2D eigenvalue weighted by atomic mass is 9.78. The van der Waals surface area contributed by atoms with E-state index < -0.39 is 4.92 Å². The summed E-state index contributed by atoms with van der Waals surface area (Å²) in [5.74, 6) is -0.232. The van der Waals surface area contributed by atoms with E-state index in [1.165, 1.54) is 18.2 Å². The SMILES string of the molecule is Cc1cc([N+](=O)[O-])ccc1C(=O)NCC1(N)CCC1.Cl. The number of nitrogens with one attached hydrogen (secondary N) is 1. The fourth-order valence-corrected chi connectivity index (χ4v) is 2.18. The van der Waals surface area contributed by atoms with Crippen LogP contribution in [0.3, 0.4) is 0 Å². The minimum absolute atomic E-state index is 0. The van der Waals surface area contributed by atoms with Crippen LogP contribution in [0.1, 0.15) is 35.2 Å². The van der Waals surface area contributed by atoms with Crippen molar-refractivity contribution >= 4 is 24.0 Å². The highest BCUT2D eigenvalue weighted by atomic mass is 35.5. The van der Waals surface area contributed by atoms with E-state index in [1.807, 2.05) is 0 Å². The number of halogens is 1. The van der Waals surface area contributed by atoms with E-state index in [1.54, 1.807) is 6.92 Å². The summed E-state index contributed by atoms with van der Waals surface area (Å²) in [7, 11) is 0. The van der Waals surface area contributed by atoms with Crippen LogP contribution in [0.2, 0.25) is 0 Å². The van der Waals surface area contributed by atoms with Crippen LogP contribution in [0.4, 0.5) is 5.69 Å². The van der Waals surface area contributed by atoms with Crippen LogP contribution >= 0.6 is 12.4 Å². The van der Waals surface area contributed by atoms with Crippen LogP contribution in [0.25, 0.3) is 0 Å². The average molecular weight is 300 g/mol. The van der Waals surface area contributed by atoms with Gasteiger partial charge in [-0.1, -0.05) is 0 Å². The van der Waals surface area contributed by atoms with Crippen molar-refractivity contribution in [3.63, 3.8) is 0 Å². The molecule has 3 N–H and O–H groups in total. The van der Waals surface area contributed by atoms with E-state index in [2.05, 4.69) is 5.32 Å². The van der Waals surface area contributed by atoms with Gasteiger partial charge in [0.25, 0.3) is 11.6 Å². The Labute approximate surface area is 123 Å². The molecule has 0 aliphatic heterocycles. The molecule has 0 atom stereocenters. The molecule has 0 saturated heterocycles. The number of hydrogen-bond donors (Lipinski definition) is 2. The van der Waals surface area contributed by atoms with Crippen LogP contribution < -0.4 is 11.1 Å². The minimum Gasteiger partial charge on any atom is -0.350 e. The molecule has 1 aromatic rings. The molecule has 6 nitrogen and oxygen atoms in total. The highest BCUT2D eigenvalue weighted by Crippen LogP contribution is 2.28. The zero-order valence-corrected chi connectivity index (χ0v) is 12.0. The first-order chi connectivity index (χ1) is 8.91. The smallest absolute Gasteiger partial charge is 0.269 e. The van der Waals surface area contributed by atoms with E-state index in [9.17, 15) is 14.9 Å². The van der Waals surface area contributed by atoms with Gasteiger partial charge < -0.3 is 11.1 Å². The normalized spacial score (nSPS) is 15.7. The van der Waals surface area contributed by atoms with Gasteiger partial charge in [-0.25, -0.2) is 0 Å². The second-order valence-electron chi connectivity index (χ2n) is 5.15. The van der Waals surface area contributed by atoms with Crippen LogP contribution in [0, 0.1) is 17.0 Å². The summed E-state index contributed by atoms with van der Waals surface area (Å²) in [5, 5.41) is 13.4. The van der Waals surface area contributed by atoms with Gasteiger partial charge in [-0.3, -0.25) is 14.9 Å². The maximum absolute atomic E-state index is 12.0. The zero-order valence-electron chi connectivity index (χ0n) is 11.2. The first-order valence-corrected chi connectivity index (χ1v) is 6.23. The number of hydrogen-bond acceptors (Lipinski definition) is 4. The van der Waals surface area contributed by atoms with Crippen molar-refractivity contribution in [3.8, 4) is 0 Å². The third-order valence-electron chi connectivity index (χ3n) is 3.62. The highest BCUT2D eigenvalue weighted by molar-refractivity contribution is 5.95. The lowest BCUT2D eigenvalue weighted by Gasteiger charge is -2.38. The quantitative estimate of drug-likeness (QED) is 0.655. The Morgan fingerprint density at radius 3 is 2.60 bits per heavy atom. The van der Waals surface area contributed by atoms with Gasteiger partial charge in [0.2, 0.25) is 0 Å². The number of nitro benzene ring substituents is 1. The number of amides is 1. The molecular weight excluding hydrogens is 282 g/mol. The summed E-state index contributed by atoms with van der Waals surface area (Å²) in [5.41, 5.74) is 6.78. The molecule has 0 heterocycles. The lowest BCUT2D eigenvalue weighted by Crippen LogP contribution is -2.54. The Morgan fingerprint density at radius 2 is 2.15 bits per heavy atom. The Balaban J connectivity index is 0.00000200. The van der Waals surface area contributed by atoms with Crippen LogP contribution in [0.5, 0.6) is 0 Å². The molecule has 1 fully saturated rings. The van der Waals surface area contributed by atoms with Gasteiger partial charge in [0, 0.05) is 29.8 Å². The molecule has 1 amide bonds. The summed E-state index contributed by atoms with van der Waals surface area (Å²) in [6.45, 7) is 2.13. The average Bonchev–Trinajstić information content (AvgIpc) is 2.33. The molecule has 1 aromatic carbocycles. The monoisotopic (exact) mass is 299 g/mol. The van der Waals surface area contributed by atoms with E-state index in [0.29, 0.717) is 17.7 Å². The molecule has 0 bridgehead atoms. The molecule has 2 rings (SSSR count). The number of aryl methyl sites for hydroxylation is 1.